The summed E-state index contributed by atoms with van der Waals surface area (Å²) in [6.07, 6.45) is 5.62. The van der Waals surface area contributed by atoms with Crippen LogP contribution in [0.25, 0.3) is 0 Å². The highest BCUT2D eigenvalue weighted by Gasteiger charge is 2.38. The third-order valence-electron chi connectivity index (χ3n) is 4.85. The van der Waals surface area contributed by atoms with Crippen LogP contribution in [-0.2, 0) is 10.0 Å². The van der Waals surface area contributed by atoms with Crippen molar-refractivity contribution in [3.63, 3.8) is 0 Å². The molecule has 1 aliphatic heterocycles. The molecule has 1 aromatic rings. The maximum atomic E-state index is 12.8. The molecule has 0 aromatic heterocycles. The van der Waals surface area contributed by atoms with Gasteiger partial charge in [0.2, 0.25) is 10.0 Å². The van der Waals surface area contributed by atoms with Crippen molar-refractivity contribution in [1.29, 1.82) is 0 Å². The summed E-state index contributed by atoms with van der Waals surface area (Å²) >= 11 is 6.06. The van der Waals surface area contributed by atoms with Gasteiger partial charge in [-0.2, -0.15) is 4.31 Å². The van der Waals surface area contributed by atoms with Gasteiger partial charge in [-0.3, -0.25) is 10.1 Å². The summed E-state index contributed by atoms with van der Waals surface area (Å²) in [7, 11) is -3.64. The fraction of sp³-hybridized carbons (Fsp3) is 0.647. The third-order valence-corrected chi connectivity index (χ3v) is 7.10. The first kappa shape index (κ1) is 20.1. The lowest BCUT2D eigenvalue weighted by molar-refractivity contribution is -0.384. The Balaban J connectivity index is 2.07. The van der Waals surface area contributed by atoms with Gasteiger partial charge in [0, 0.05) is 31.1 Å². The van der Waals surface area contributed by atoms with Crippen molar-refractivity contribution in [2.45, 2.75) is 43.9 Å². The smallest absolute Gasteiger partial charge is 0.258 e. The Kier molecular flexibility index (Phi) is 7.22. The van der Waals surface area contributed by atoms with Crippen molar-refractivity contribution in [2.75, 3.05) is 19.0 Å². The number of nitrogens with zero attached hydrogens (tertiary/aromatic N) is 2. The summed E-state index contributed by atoms with van der Waals surface area (Å²) in [4.78, 5) is 10.3. The molecule has 0 amide bonds. The number of sulfonamides is 1. The van der Waals surface area contributed by atoms with E-state index >= 15 is 0 Å². The SMILES string of the molecule is CCCCCCC1CN(S(=O)(=O)c2ccc([N+](=O)[O-])cc2)CC1CCl. The maximum absolute atomic E-state index is 12.8. The highest BCUT2D eigenvalue weighted by Crippen LogP contribution is 2.33. The summed E-state index contributed by atoms with van der Waals surface area (Å²) in [6, 6.07) is 5.06. The van der Waals surface area contributed by atoms with Crippen LogP contribution in [0.2, 0.25) is 0 Å². The van der Waals surface area contributed by atoms with Gasteiger partial charge in [0.15, 0.2) is 0 Å². The number of rotatable bonds is 9. The van der Waals surface area contributed by atoms with Crippen LogP contribution in [0.5, 0.6) is 0 Å². The lowest BCUT2D eigenvalue weighted by Crippen LogP contribution is -2.29. The number of hydrogen-bond donors (Lipinski definition) is 0. The van der Waals surface area contributed by atoms with E-state index in [0.29, 0.717) is 19.0 Å². The molecule has 2 unspecified atom stereocenters. The summed E-state index contributed by atoms with van der Waals surface area (Å²) < 4.78 is 27.1. The molecule has 1 saturated heterocycles. The fourth-order valence-electron chi connectivity index (χ4n) is 3.32. The molecule has 6 nitrogen and oxygen atoms in total. The van der Waals surface area contributed by atoms with E-state index < -0.39 is 14.9 Å². The average Bonchev–Trinajstić information content (AvgIpc) is 3.03. The van der Waals surface area contributed by atoms with Gasteiger partial charge >= 0.3 is 0 Å². The zero-order valence-corrected chi connectivity index (χ0v) is 16.0. The Morgan fingerprint density at radius 1 is 1.16 bits per heavy atom. The molecule has 2 atom stereocenters. The number of benzene rings is 1. The summed E-state index contributed by atoms with van der Waals surface area (Å²) in [5.41, 5.74) is -0.118. The van der Waals surface area contributed by atoms with E-state index in [-0.39, 0.29) is 22.4 Å². The number of hydrogen-bond acceptors (Lipinski definition) is 4. The van der Waals surface area contributed by atoms with Gasteiger partial charge in [-0.15, -0.1) is 11.6 Å². The summed E-state index contributed by atoms with van der Waals surface area (Å²) in [5.74, 6) is 0.892. The average molecular weight is 389 g/mol. The third kappa shape index (κ3) is 4.92. The predicted molar refractivity (Wildman–Crippen MR) is 98.3 cm³/mol. The Hall–Kier alpha value is -1.18. The van der Waals surface area contributed by atoms with E-state index in [2.05, 4.69) is 6.92 Å². The topological polar surface area (TPSA) is 80.5 Å². The van der Waals surface area contributed by atoms with Crippen LogP contribution in [0.3, 0.4) is 0 Å². The minimum atomic E-state index is -3.64. The molecule has 1 heterocycles. The van der Waals surface area contributed by atoms with Crippen LogP contribution in [0.1, 0.15) is 39.0 Å². The number of non-ortho nitro benzene ring substituents is 1. The molecule has 25 heavy (non-hydrogen) atoms. The first-order valence-corrected chi connectivity index (χ1v) is 10.7. The minimum Gasteiger partial charge on any atom is -0.258 e. The van der Waals surface area contributed by atoms with Crippen molar-refractivity contribution in [3.8, 4) is 0 Å². The second-order valence-corrected chi connectivity index (χ2v) is 8.84. The van der Waals surface area contributed by atoms with Gasteiger partial charge in [0.25, 0.3) is 5.69 Å². The number of unbranched alkanes of at least 4 members (excludes halogenated alkanes) is 3. The zero-order valence-electron chi connectivity index (χ0n) is 14.4. The van der Waals surface area contributed by atoms with Crippen LogP contribution in [0.4, 0.5) is 5.69 Å². The molecule has 1 fully saturated rings. The molecule has 140 valence electrons. The molecule has 0 aliphatic carbocycles. The van der Waals surface area contributed by atoms with Crippen LogP contribution < -0.4 is 0 Å². The standard InChI is InChI=1S/C17H25ClN2O4S/c1-2-3-4-5-6-14-12-19(13-15(14)11-18)25(23,24)17-9-7-16(8-10-17)20(21)22/h7-10,14-15H,2-6,11-13H2,1H3. The van der Waals surface area contributed by atoms with Crippen LogP contribution in [-0.4, -0.2) is 36.6 Å². The lowest BCUT2D eigenvalue weighted by Gasteiger charge is -2.16. The monoisotopic (exact) mass is 388 g/mol. The highest BCUT2D eigenvalue weighted by molar-refractivity contribution is 7.89. The highest BCUT2D eigenvalue weighted by atomic mass is 35.5. The van der Waals surface area contributed by atoms with Crippen LogP contribution in [0, 0.1) is 22.0 Å². The number of alkyl halides is 1. The van der Waals surface area contributed by atoms with Gasteiger partial charge in [0.05, 0.1) is 9.82 Å². The first-order valence-electron chi connectivity index (χ1n) is 8.70. The fourth-order valence-corrected chi connectivity index (χ4v) is 5.22. The summed E-state index contributed by atoms with van der Waals surface area (Å²) in [6.45, 7) is 3.06. The molecule has 1 aliphatic rings. The number of nitro groups is 1. The minimum absolute atomic E-state index is 0.0954. The Morgan fingerprint density at radius 3 is 2.36 bits per heavy atom. The molecular formula is C17H25ClN2O4S. The molecule has 0 bridgehead atoms. The first-order chi connectivity index (χ1) is 11.9. The molecule has 0 saturated carbocycles. The molecule has 0 spiro atoms. The van der Waals surface area contributed by atoms with Gasteiger partial charge < -0.3 is 0 Å². The molecule has 0 N–H and O–H groups in total. The van der Waals surface area contributed by atoms with E-state index in [1.165, 1.54) is 41.4 Å². The molecule has 2 rings (SSSR count). The second-order valence-electron chi connectivity index (χ2n) is 6.60. The maximum Gasteiger partial charge on any atom is 0.269 e. The van der Waals surface area contributed by atoms with E-state index in [1.54, 1.807) is 0 Å². The van der Waals surface area contributed by atoms with E-state index in [9.17, 15) is 18.5 Å². The number of halogens is 1. The van der Waals surface area contributed by atoms with Crippen molar-refractivity contribution in [3.05, 3.63) is 34.4 Å². The van der Waals surface area contributed by atoms with Crippen molar-refractivity contribution in [1.82, 2.24) is 4.31 Å². The van der Waals surface area contributed by atoms with Crippen molar-refractivity contribution < 1.29 is 13.3 Å². The van der Waals surface area contributed by atoms with E-state index in [1.807, 2.05) is 0 Å². The molecular weight excluding hydrogens is 364 g/mol. The summed E-state index contributed by atoms with van der Waals surface area (Å²) in [5, 5.41) is 10.7. The quantitative estimate of drug-likeness (QED) is 0.276. The largest absolute Gasteiger partial charge is 0.269 e. The van der Waals surface area contributed by atoms with Crippen molar-refractivity contribution in [2.24, 2.45) is 11.8 Å². The number of nitro benzene ring substituents is 1. The molecule has 0 radical (unpaired) electrons. The normalized spacial score (nSPS) is 21.5. The molecule has 1 aromatic carbocycles. The van der Waals surface area contributed by atoms with E-state index in [4.69, 9.17) is 11.6 Å². The Labute approximate surface area is 154 Å². The van der Waals surface area contributed by atoms with Gasteiger partial charge in [-0.25, -0.2) is 8.42 Å². The van der Waals surface area contributed by atoms with Gasteiger partial charge in [-0.1, -0.05) is 32.6 Å². The van der Waals surface area contributed by atoms with E-state index in [0.717, 1.165) is 19.3 Å². The van der Waals surface area contributed by atoms with Crippen molar-refractivity contribution >= 4 is 27.3 Å². The van der Waals surface area contributed by atoms with Crippen LogP contribution in [0.15, 0.2) is 29.2 Å². The Morgan fingerprint density at radius 2 is 1.80 bits per heavy atom. The van der Waals surface area contributed by atoms with Crippen LogP contribution >= 0.6 is 11.6 Å². The zero-order chi connectivity index (χ0) is 18.4. The van der Waals surface area contributed by atoms with Gasteiger partial charge in [0.1, 0.15) is 0 Å². The Bertz CT molecular complexity index is 678. The predicted octanol–water partition coefficient (Wildman–Crippen LogP) is 4.04. The lowest BCUT2D eigenvalue weighted by atomic mass is 9.92. The second kappa shape index (κ2) is 8.96. The molecule has 8 heteroatoms. The van der Waals surface area contributed by atoms with Gasteiger partial charge in [-0.05, 0) is 30.4 Å².